The molecule has 0 saturated carbocycles. The predicted octanol–water partition coefficient (Wildman–Crippen LogP) is 2.07. The zero-order chi connectivity index (χ0) is 15.4. The molecule has 2 heterocycles. The first-order valence-electron chi connectivity index (χ1n) is 7.35. The van der Waals surface area contributed by atoms with Crippen LogP contribution >= 0.6 is 0 Å². The van der Waals surface area contributed by atoms with E-state index in [9.17, 15) is 4.79 Å². The first-order valence-corrected chi connectivity index (χ1v) is 7.35. The van der Waals surface area contributed by atoms with Crippen molar-refractivity contribution < 1.29 is 14.1 Å². The number of ether oxygens (including phenoxy) is 1. The number of hydrogen-bond donors (Lipinski definition) is 1. The van der Waals surface area contributed by atoms with E-state index in [1.54, 1.807) is 6.07 Å². The second-order valence-electron chi connectivity index (χ2n) is 5.34. The highest BCUT2D eigenvalue weighted by Crippen LogP contribution is 2.15. The van der Waals surface area contributed by atoms with Crippen LogP contribution in [0.2, 0.25) is 0 Å². The highest BCUT2D eigenvalue weighted by Gasteiger charge is 2.17. The molecule has 0 unspecified atom stereocenters. The summed E-state index contributed by atoms with van der Waals surface area (Å²) >= 11 is 0. The molecule has 0 bridgehead atoms. The molecule has 1 aliphatic rings. The van der Waals surface area contributed by atoms with Crippen LogP contribution in [-0.4, -0.2) is 42.3 Å². The maximum absolute atomic E-state index is 12.2. The molecule has 6 heteroatoms. The van der Waals surface area contributed by atoms with Gasteiger partial charge in [0.05, 0.1) is 19.8 Å². The first kappa shape index (κ1) is 14.7. The predicted molar refractivity (Wildman–Crippen MR) is 81.7 cm³/mol. The smallest absolute Gasteiger partial charge is 0.277 e. The normalized spacial score (nSPS) is 15.7. The number of carbonyl (C=O) groups excluding carboxylic acids is 1. The van der Waals surface area contributed by atoms with E-state index in [1.807, 2.05) is 31.2 Å². The molecular weight excluding hydrogens is 282 g/mol. The van der Waals surface area contributed by atoms with Crippen molar-refractivity contribution >= 4 is 11.6 Å². The highest BCUT2D eigenvalue weighted by molar-refractivity contribution is 6.03. The average Bonchev–Trinajstić information content (AvgIpc) is 2.99. The summed E-state index contributed by atoms with van der Waals surface area (Å²) in [6, 6.07) is 9.32. The Labute approximate surface area is 129 Å². The van der Waals surface area contributed by atoms with Crippen molar-refractivity contribution in [1.29, 1.82) is 0 Å². The molecule has 0 atom stereocenters. The van der Waals surface area contributed by atoms with Gasteiger partial charge in [-0.3, -0.25) is 9.69 Å². The number of hydrogen-bond acceptors (Lipinski definition) is 5. The monoisotopic (exact) mass is 301 g/mol. The SMILES string of the molecule is Cc1ccccc1NC(=O)c1cc(CN2CCOCC2)on1. The Balaban J connectivity index is 1.63. The van der Waals surface area contributed by atoms with Crippen LogP contribution in [0.1, 0.15) is 21.8 Å². The summed E-state index contributed by atoms with van der Waals surface area (Å²) in [7, 11) is 0. The van der Waals surface area contributed by atoms with Crippen LogP contribution < -0.4 is 5.32 Å². The van der Waals surface area contributed by atoms with Crippen LogP contribution in [0.4, 0.5) is 5.69 Å². The number of morpholine rings is 1. The fourth-order valence-corrected chi connectivity index (χ4v) is 2.37. The van der Waals surface area contributed by atoms with Crippen molar-refractivity contribution in [2.24, 2.45) is 0 Å². The lowest BCUT2D eigenvalue weighted by Gasteiger charge is -2.25. The number of amides is 1. The molecule has 1 amide bonds. The van der Waals surface area contributed by atoms with Crippen molar-refractivity contribution in [2.75, 3.05) is 31.6 Å². The van der Waals surface area contributed by atoms with Gasteiger partial charge in [-0.15, -0.1) is 0 Å². The van der Waals surface area contributed by atoms with E-state index in [-0.39, 0.29) is 5.91 Å². The molecule has 3 rings (SSSR count). The molecular formula is C16H19N3O3. The number of carbonyl (C=O) groups is 1. The topological polar surface area (TPSA) is 67.6 Å². The van der Waals surface area contributed by atoms with Crippen molar-refractivity contribution in [3.05, 3.63) is 47.3 Å². The van der Waals surface area contributed by atoms with Gasteiger partial charge in [-0.25, -0.2) is 0 Å². The first-order chi connectivity index (χ1) is 10.7. The van der Waals surface area contributed by atoms with Gasteiger partial charge in [0.15, 0.2) is 11.5 Å². The summed E-state index contributed by atoms with van der Waals surface area (Å²) < 4.78 is 10.6. The lowest BCUT2D eigenvalue weighted by molar-refractivity contribution is 0.0305. The van der Waals surface area contributed by atoms with Crippen LogP contribution in [0.15, 0.2) is 34.9 Å². The van der Waals surface area contributed by atoms with E-state index in [0.717, 1.165) is 37.6 Å². The Morgan fingerprint density at radius 2 is 2.09 bits per heavy atom. The Hall–Kier alpha value is -2.18. The van der Waals surface area contributed by atoms with Crippen LogP contribution in [0.3, 0.4) is 0 Å². The van der Waals surface area contributed by atoms with Gasteiger partial charge in [-0.2, -0.15) is 0 Å². The number of anilines is 1. The van der Waals surface area contributed by atoms with Gasteiger partial charge in [0.1, 0.15) is 0 Å². The van der Waals surface area contributed by atoms with Crippen molar-refractivity contribution in [1.82, 2.24) is 10.1 Å². The van der Waals surface area contributed by atoms with Gasteiger partial charge in [-0.05, 0) is 18.6 Å². The summed E-state index contributed by atoms with van der Waals surface area (Å²) in [6.45, 7) is 5.79. The maximum atomic E-state index is 12.2. The Morgan fingerprint density at radius 3 is 2.86 bits per heavy atom. The van der Waals surface area contributed by atoms with Gasteiger partial charge in [0.2, 0.25) is 0 Å². The second-order valence-corrected chi connectivity index (χ2v) is 5.34. The number of nitrogens with one attached hydrogen (secondary N) is 1. The van der Waals surface area contributed by atoms with E-state index >= 15 is 0 Å². The summed E-state index contributed by atoms with van der Waals surface area (Å²) in [6.07, 6.45) is 0. The van der Waals surface area contributed by atoms with Gasteiger partial charge >= 0.3 is 0 Å². The minimum absolute atomic E-state index is 0.258. The van der Waals surface area contributed by atoms with Crippen LogP contribution in [-0.2, 0) is 11.3 Å². The lowest BCUT2D eigenvalue weighted by Crippen LogP contribution is -2.35. The Bertz CT molecular complexity index is 648. The molecule has 1 fully saturated rings. The average molecular weight is 301 g/mol. The van der Waals surface area contributed by atoms with Gasteiger partial charge < -0.3 is 14.6 Å². The molecule has 0 spiro atoms. The highest BCUT2D eigenvalue weighted by atomic mass is 16.5. The number of aromatic nitrogens is 1. The molecule has 1 aliphatic heterocycles. The zero-order valence-corrected chi connectivity index (χ0v) is 12.5. The van der Waals surface area contributed by atoms with E-state index in [2.05, 4.69) is 15.4 Å². The third-order valence-electron chi connectivity index (χ3n) is 3.67. The Kier molecular flexibility index (Phi) is 4.50. The van der Waals surface area contributed by atoms with Gasteiger partial charge in [0, 0.05) is 24.8 Å². The summed E-state index contributed by atoms with van der Waals surface area (Å²) in [5.41, 5.74) is 2.09. The standard InChI is InChI=1S/C16H19N3O3/c1-12-4-2-3-5-14(12)17-16(20)15-10-13(22-18-15)11-19-6-8-21-9-7-19/h2-5,10H,6-9,11H2,1H3,(H,17,20). The lowest BCUT2D eigenvalue weighted by atomic mass is 10.2. The number of nitrogens with zero attached hydrogens (tertiary/aromatic N) is 2. The number of benzene rings is 1. The van der Waals surface area contributed by atoms with Crippen molar-refractivity contribution in [3.8, 4) is 0 Å². The van der Waals surface area contributed by atoms with Gasteiger partial charge in [0.25, 0.3) is 5.91 Å². The maximum Gasteiger partial charge on any atom is 0.277 e. The van der Waals surface area contributed by atoms with Gasteiger partial charge in [-0.1, -0.05) is 23.4 Å². The molecule has 0 radical (unpaired) electrons. The summed E-state index contributed by atoms with van der Waals surface area (Å²) in [5.74, 6) is 0.433. The van der Waals surface area contributed by atoms with Crippen LogP contribution in [0.25, 0.3) is 0 Å². The zero-order valence-electron chi connectivity index (χ0n) is 12.5. The van der Waals surface area contributed by atoms with E-state index in [4.69, 9.17) is 9.26 Å². The fourth-order valence-electron chi connectivity index (χ4n) is 2.37. The molecule has 2 aromatic rings. The molecule has 6 nitrogen and oxygen atoms in total. The van der Waals surface area contributed by atoms with E-state index in [1.165, 1.54) is 0 Å². The third-order valence-corrected chi connectivity index (χ3v) is 3.67. The number of rotatable bonds is 4. The van der Waals surface area contributed by atoms with Crippen LogP contribution in [0, 0.1) is 6.92 Å². The van der Waals surface area contributed by atoms with Crippen LogP contribution in [0.5, 0.6) is 0 Å². The van der Waals surface area contributed by atoms with Crippen molar-refractivity contribution in [3.63, 3.8) is 0 Å². The minimum atomic E-state index is -0.258. The molecule has 1 N–H and O–H groups in total. The minimum Gasteiger partial charge on any atom is -0.379 e. The summed E-state index contributed by atoms with van der Waals surface area (Å²) in [4.78, 5) is 14.4. The van der Waals surface area contributed by atoms with E-state index in [0.29, 0.717) is 18.0 Å². The quantitative estimate of drug-likeness (QED) is 0.936. The van der Waals surface area contributed by atoms with Crippen molar-refractivity contribution in [2.45, 2.75) is 13.5 Å². The fraction of sp³-hybridized carbons (Fsp3) is 0.375. The largest absolute Gasteiger partial charge is 0.379 e. The second kappa shape index (κ2) is 6.72. The third kappa shape index (κ3) is 3.52. The molecule has 116 valence electrons. The molecule has 1 aromatic carbocycles. The molecule has 1 aromatic heterocycles. The Morgan fingerprint density at radius 1 is 1.32 bits per heavy atom. The molecule has 22 heavy (non-hydrogen) atoms. The summed E-state index contributed by atoms with van der Waals surface area (Å²) in [5, 5.41) is 6.71. The molecule has 1 saturated heterocycles. The number of para-hydroxylation sites is 1. The number of aryl methyl sites for hydroxylation is 1. The van der Waals surface area contributed by atoms with E-state index < -0.39 is 0 Å². The molecule has 0 aliphatic carbocycles.